The number of hydrazine groups is 1. The summed E-state index contributed by atoms with van der Waals surface area (Å²) in [4.78, 5) is 4.69. The number of hydrogen-bond acceptors (Lipinski definition) is 5. The van der Waals surface area contributed by atoms with Gasteiger partial charge in [0, 0.05) is 13.0 Å². The van der Waals surface area contributed by atoms with Crippen LogP contribution in [-0.4, -0.2) is 23.7 Å². The number of nitrogens with one attached hydrogen (secondary N) is 1. The summed E-state index contributed by atoms with van der Waals surface area (Å²) in [6, 6.07) is 8.25. The van der Waals surface area contributed by atoms with Gasteiger partial charge in [0.15, 0.2) is 0 Å². The van der Waals surface area contributed by atoms with E-state index in [1.807, 2.05) is 25.1 Å². The van der Waals surface area contributed by atoms with Crippen molar-refractivity contribution in [1.29, 1.82) is 0 Å². The summed E-state index contributed by atoms with van der Waals surface area (Å²) in [6.45, 7) is 9.23. The number of hydrogen-bond donors (Lipinski definition) is 2. The fourth-order valence-electron chi connectivity index (χ4n) is 2.60. The Morgan fingerprint density at radius 2 is 2.05 bits per heavy atom. The Morgan fingerprint density at radius 1 is 1.33 bits per heavy atom. The molecule has 0 spiro atoms. The smallest absolute Gasteiger partial charge is 0.0955 e. The summed E-state index contributed by atoms with van der Waals surface area (Å²) in [6.07, 6.45) is 0.817. The molecule has 0 aliphatic carbocycles. The monoisotopic (exact) mass is 307 g/mol. The van der Waals surface area contributed by atoms with Crippen LogP contribution in [0.5, 0.6) is 0 Å². The van der Waals surface area contributed by atoms with E-state index >= 15 is 0 Å². The van der Waals surface area contributed by atoms with Crippen molar-refractivity contribution in [3.63, 3.8) is 0 Å². The largest absolute Gasteiger partial charge is 0.376 e. The second-order valence-electron chi connectivity index (χ2n) is 6.29. The molecule has 0 saturated carbocycles. The van der Waals surface area contributed by atoms with Crippen molar-refractivity contribution in [1.82, 2.24) is 10.4 Å². The van der Waals surface area contributed by atoms with Crippen LogP contribution in [0.25, 0.3) is 10.2 Å². The molecule has 1 aromatic carbocycles. The summed E-state index contributed by atoms with van der Waals surface area (Å²) in [5.41, 5.74) is 4.00. The van der Waals surface area contributed by atoms with Gasteiger partial charge in [-0.25, -0.2) is 4.98 Å². The minimum Gasteiger partial charge on any atom is -0.376 e. The van der Waals surface area contributed by atoms with E-state index in [-0.39, 0.29) is 17.6 Å². The predicted molar refractivity (Wildman–Crippen MR) is 89.3 cm³/mol. The molecule has 4 nitrogen and oxygen atoms in total. The SMILES string of the molecule is CCOC(C(Cc1nc2ccccc2s1)NN)C(C)(C)C. The van der Waals surface area contributed by atoms with Gasteiger partial charge in [0.05, 0.1) is 27.4 Å². The molecule has 2 atom stereocenters. The van der Waals surface area contributed by atoms with Crippen molar-refractivity contribution in [3.8, 4) is 0 Å². The molecule has 2 aromatic rings. The average molecular weight is 307 g/mol. The quantitative estimate of drug-likeness (QED) is 0.636. The zero-order chi connectivity index (χ0) is 15.5. The van der Waals surface area contributed by atoms with Gasteiger partial charge in [0.25, 0.3) is 0 Å². The summed E-state index contributed by atoms with van der Waals surface area (Å²) in [7, 11) is 0. The van der Waals surface area contributed by atoms with Crippen LogP contribution in [0.2, 0.25) is 0 Å². The predicted octanol–water partition coefficient (Wildman–Crippen LogP) is 3.12. The lowest BCUT2D eigenvalue weighted by atomic mass is 9.83. The molecule has 0 bridgehead atoms. The molecule has 0 radical (unpaired) electrons. The van der Waals surface area contributed by atoms with Crippen molar-refractivity contribution < 1.29 is 4.74 Å². The maximum absolute atomic E-state index is 5.94. The lowest BCUT2D eigenvalue weighted by Gasteiger charge is -2.36. The first-order chi connectivity index (χ1) is 9.95. The van der Waals surface area contributed by atoms with Gasteiger partial charge in [-0.05, 0) is 24.5 Å². The first-order valence-electron chi connectivity index (χ1n) is 7.38. The van der Waals surface area contributed by atoms with Crippen LogP contribution in [0.15, 0.2) is 24.3 Å². The molecule has 3 N–H and O–H groups in total. The van der Waals surface area contributed by atoms with Gasteiger partial charge < -0.3 is 4.74 Å². The second kappa shape index (κ2) is 6.83. The van der Waals surface area contributed by atoms with Crippen molar-refractivity contribution in [2.75, 3.05) is 6.61 Å². The molecule has 116 valence electrons. The van der Waals surface area contributed by atoms with E-state index in [4.69, 9.17) is 15.6 Å². The Morgan fingerprint density at radius 3 is 2.62 bits per heavy atom. The highest BCUT2D eigenvalue weighted by atomic mass is 32.1. The number of nitrogens with two attached hydrogens (primary N) is 1. The highest BCUT2D eigenvalue weighted by Crippen LogP contribution is 2.28. The molecular weight excluding hydrogens is 282 g/mol. The zero-order valence-electron chi connectivity index (χ0n) is 13.2. The number of fused-ring (bicyclic) bond motifs is 1. The first kappa shape index (κ1) is 16.4. The van der Waals surface area contributed by atoms with Crippen LogP contribution >= 0.6 is 11.3 Å². The summed E-state index contributed by atoms with van der Waals surface area (Å²) >= 11 is 1.72. The highest BCUT2D eigenvalue weighted by Gasteiger charge is 2.33. The minimum absolute atomic E-state index is 0.0176. The Kier molecular flexibility index (Phi) is 5.32. The van der Waals surface area contributed by atoms with E-state index in [2.05, 4.69) is 32.3 Å². The van der Waals surface area contributed by atoms with E-state index in [1.54, 1.807) is 11.3 Å². The lowest BCUT2D eigenvalue weighted by Crippen LogP contribution is -2.52. The van der Waals surface area contributed by atoms with E-state index in [0.717, 1.165) is 16.9 Å². The molecule has 0 fully saturated rings. The molecule has 0 amide bonds. The van der Waals surface area contributed by atoms with Gasteiger partial charge in [-0.2, -0.15) is 0 Å². The van der Waals surface area contributed by atoms with Gasteiger partial charge in [-0.15, -0.1) is 11.3 Å². The fourth-order valence-corrected chi connectivity index (χ4v) is 3.62. The van der Waals surface area contributed by atoms with Crippen molar-refractivity contribution >= 4 is 21.6 Å². The standard InChI is InChI=1S/C16H25N3OS/c1-5-20-15(16(2,3)4)12(19-17)10-14-18-11-8-6-7-9-13(11)21-14/h6-9,12,15,19H,5,10,17H2,1-4H3. The molecule has 21 heavy (non-hydrogen) atoms. The third-order valence-electron chi connectivity index (χ3n) is 3.51. The normalized spacial score (nSPS) is 15.3. The Labute approximate surface area is 130 Å². The number of nitrogens with zero attached hydrogens (tertiary/aromatic N) is 1. The van der Waals surface area contributed by atoms with Crippen LogP contribution in [0.3, 0.4) is 0 Å². The van der Waals surface area contributed by atoms with Gasteiger partial charge >= 0.3 is 0 Å². The van der Waals surface area contributed by atoms with E-state index in [1.165, 1.54) is 4.70 Å². The molecular formula is C16H25N3OS. The number of thiazole rings is 1. The summed E-state index contributed by atoms with van der Waals surface area (Å²) in [5, 5.41) is 1.09. The molecule has 0 aliphatic heterocycles. The average Bonchev–Trinajstić information content (AvgIpc) is 2.83. The molecule has 0 aliphatic rings. The van der Waals surface area contributed by atoms with Crippen LogP contribution in [0, 0.1) is 5.41 Å². The molecule has 1 aromatic heterocycles. The molecule has 1 heterocycles. The number of benzene rings is 1. The number of rotatable bonds is 6. The maximum Gasteiger partial charge on any atom is 0.0955 e. The van der Waals surface area contributed by atoms with Gasteiger partial charge in [0.2, 0.25) is 0 Å². The topological polar surface area (TPSA) is 60.2 Å². The summed E-state index contributed by atoms with van der Waals surface area (Å²) < 4.78 is 7.15. The number of ether oxygens (including phenoxy) is 1. The molecule has 2 unspecified atom stereocenters. The van der Waals surface area contributed by atoms with Crippen molar-refractivity contribution in [3.05, 3.63) is 29.3 Å². The van der Waals surface area contributed by atoms with Gasteiger partial charge in [-0.3, -0.25) is 11.3 Å². The molecule has 5 heteroatoms. The highest BCUT2D eigenvalue weighted by molar-refractivity contribution is 7.18. The summed E-state index contributed by atoms with van der Waals surface area (Å²) in [5.74, 6) is 5.79. The van der Waals surface area contributed by atoms with Crippen molar-refractivity contribution in [2.45, 2.75) is 46.3 Å². The molecule has 0 saturated heterocycles. The maximum atomic E-state index is 5.94. The lowest BCUT2D eigenvalue weighted by molar-refractivity contribution is -0.0356. The van der Waals surface area contributed by atoms with Crippen molar-refractivity contribution in [2.24, 2.45) is 11.3 Å². The number of para-hydroxylation sites is 1. The Balaban J connectivity index is 2.20. The van der Waals surface area contributed by atoms with E-state index in [9.17, 15) is 0 Å². The molecule has 2 rings (SSSR count). The Hall–Kier alpha value is -1.01. The van der Waals surface area contributed by atoms with Crippen LogP contribution in [0.4, 0.5) is 0 Å². The third kappa shape index (κ3) is 4.01. The van der Waals surface area contributed by atoms with Crippen LogP contribution in [-0.2, 0) is 11.2 Å². The Bertz CT molecular complexity index is 543. The van der Waals surface area contributed by atoms with Crippen LogP contribution in [0.1, 0.15) is 32.7 Å². The zero-order valence-corrected chi connectivity index (χ0v) is 14.0. The van der Waals surface area contributed by atoms with Gasteiger partial charge in [0.1, 0.15) is 0 Å². The minimum atomic E-state index is 0.0176. The second-order valence-corrected chi connectivity index (χ2v) is 7.41. The first-order valence-corrected chi connectivity index (χ1v) is 8.19. The van der Waals surface area contributed by atoms with E-state index in [0.29, 0.717) is 6.61 Å². The van der Waals surface area contributed by atoms with Gasteiger partial charge in [-0.1, -0.05) is 32.9 Å². The third-order valence-corrected chi connectivity index (χ3v) is 4.57. The van der Waals surface area contributed by atoms with Crippen LogP contribution < -0.4 is 11.3 Å². The number of aromatic nitrogens is 1. The fraction of sp³-hybridized carbons (Fsp3) is 0.562. The van der Waals surface area contributed by atoms with E-state index < -0.39 is 0 Å².